The molecule has 4 heteroatoms. The molecule has 0 amide bonds. The molecule has 1 aliphatic carbocycles. The molecular formula is C16H23NO3. The van der Waals surface area contributed by atoms with E-state index in [9.17, 15) is 0 Å². The van der Waals surface area contributed by atoms with Crippen LogP contribution in [0.5, 0.6) is 0 Å². The lowest BCUT2D eigenvalue weighted by atomic mass is 9.93. The van der Waals surface area contributed by atoms with Crippen molar-refractivity contribution in [3.63, 3.8) is 0 Å². The standard InChI is InChI=1S/C16H23NO3/c18-9-12-19-10-7-17-8-11-20-16(13-17)6-5-14-3-1-2-4-15(14)16/h1-4,18H,5-13H2. The Kier molecular flexibility index (Phi) is 4.36. The van der Waals surface area contributed by atoms with E-state index in [0.717, 1.165) is 39.1 Å². The Balaban J connectivity index is 1.64. The van der Waals surface area contributed by atoms with E-state index in [4.69, 9.17) is 14.6 Å². The second-order valence-corrected chi connectivity index (χ2v) is 5.61. The zero-order valence-corrected chi connectivity index (χ0v) is 11.9. The second kappa shape index (κ2) is 6.22. The van der Waals surface area contributed by atoms with Crippen molar-refractivity contribution in [1.82, 2.24) is 4.90 Å². The smallest absolute Gasteiger partial charge is 0.106 e. The molecule has 1 N–H and O–H groups in total. The van der Waals surface area contributed by atoms with Crippen molar-refractivity contribution in [2.75, 3.05) is 46.1 Å². The van der Waals surface area contributed by atoms with Gasteiger partial charge in [-0.25, -0.2) is 0 Å². The summed E-state index contributed by atoms with van der Waals surface area (Å²) >= 11 is 0. The van der Waals surface area contributed by atoms with Crippen molar-refractivity contribution in [2.45, 2.75) is 18.4 Å². The first kappa shape index (κ1) is 14.0. The Morgan fingerprint density at radius 3 is 3.10 bits per heavy atom. The molecule has 1 unspecified atom stereocenters. The fourth-order valence-corrected chi connectivity index (χ4v) is 3.38. The van der Waals surface area contributed by atoms with Crippen LogP contribution in [-0.4, -0.2) is 56.1 Å². The first-order valence-electron chi connectivity index (χ1n) is 7.47. The Bertz CT molecular complexity index is 447. The van der Waals surface area contributed by atoms with Gasteiger partial charge in [-0.1, -0.05) is 24.3 Å². The lowest BCUT2D eigenvalue weighted by Gasteiger charge is -2.41. The average Bonchev–Trinajstić information content (AvgIpc) is 2.83. The molecule has 0 aromatic heterocycles. The summed E-state index contributed by atoms with van der Waals surface area (Å²) in [5.74, 6) is 0. The van der Waals surface area contributed by atoms with Gasteiger partial charge in [0.1, 0.15) is 5.60 Å². The van der Waals surface area contributed by atoms with Crippen LogP contribution < -0.4 is 0 Å². The van der Waals surface area contributed by atoms with Crippen molar-refractivity contribution in [3.05, 3.63) is 35.4 Å². The zero-order valence-electron chi connectivity index (χ0n) is 11.9. The number of nitrogens with zero attached hydrogens (tertiary/aromatic N) is 1. The van der Waals surface area contributed by atoms with Gasteiger partial charge in [-0.2, -0.15) is 0 Å². The minimum Gasteiger partial charge on any atom is -0.394 e. The molecule has 1 aromatic carbocycles. The van der Waals surface area contributed by atoms with E-state index in [-0.39, 0.29) is 12.2 Å². The van der Waals surface area contributed by atoms with E-state index in [2.05, 4.69) is 29.2 Å². The molecule has 1 heterocycles. The highest BCUT2D eigenvalue weighted by molar-refractivity contribution is 5.38. The van der Waals surface area contributed by atoms with E-state index >= 15 is 0 Å². The molecule has 1 atom stereocenters. The molecule has 1 saturated heterocycles. The number of fused-ring (bicyclic) bond motifs is 2. The van der Waals surface area contributed by atoms with Crippen LogP contribution in [0.1, 0.15) is 17.5 Å². The predicted molar refractivity (Wildman–Crippen MR) is 76.7 cm³/mol. The molecule has 1 fully saturated rings. The number of ether oxygens (including phenoxy) is 2. The Labute approximate surface area is 120 Å². The van der Waals surface area contributed by atoms with Crippen molar-refractivity contribution in [1.29, 1.82) is 0 Å². The van der Waals surface area contributed by atoms with Gasteiger partial charge in [-0.05, 0) is 24.0 Å². The summed E-state index contributed by atoms with van der Waals surface area (Å²) in [7, 11) is 0. The van der Waals surface area contributed by atoms with Gasteiger partial charge < -0.3 is 14.6 Å². The van der Waals surface area contributed by atoms with E-state index in [1.165, 1.54) is 11.1 Å². The van der Waals surface area contributed by atoms with Crippen LogP contribution in [0.2, 0.25) is 0 Å². The maximum Gasteiger partial charge on any atom is 0.106 e. The van der Waals surface area contributed by atoms with E-state index in [1.807, 2.05) is 0 Å². The van der Waals surface area contributed by atoms with Crippen LogP contribution in [0, 0.1) is 0 Å². The lowest BCUT2D eigenvalue weighted by molar-refractivity contribution is -0.117. The van der Waals surface area contributed by atoms with Crippen LogP contribution in [0.3, 0.4) is 0 Å². The summed E-state index contributed by atoms with van der Waals surface area (Å²) in [6, 6.07) is 8.66. The molecule has 2 aliphatic rings. The minimum atomic E-state index is -0.105. The predicted octanol–water partition coefficient (Wildman–Crippen LogP) is 1.17. The Morgan fingerprint density at radius 2 is 2.20 bits per heavy atom. The highest BCUT2D eigenvalue weighted by atomic mass is 16.5. The Hall–Kier alpha value is -0.940. The van der Waals surface area contributed by atoms with Crippen LogP contribution in [0.4, 0.5) is 0 Å². The Morgan fingerprint density at radius 1 is 1.30 bits per heavy atom. The third kappa shape index (κ3) is 2.74. The SMILES string of the molecule is OCCOCCN1CCOC2(CCc3ccccc32)C1. The monoisotopic (exact) mass is 277 g/mol. The summed E-state index contributed by atoms with van der Waals surface area (Å²) in [6.07, 6.45) is 2.20. The molecule has 3 rings (SSSR count). The second-order valence-electron chi connectivity index (χ2n) is 5.61. The number of hydrogen-bond donors (Lipinski definition) is 1. The van der Waals surface area contributed by atoms with Crippen molar-refractivity contribution < 1.29 is 14.6 Å². The van der Waals surface area contributed by atoms with Crippen molar-refractivity contribution in [3.8, 4) is 0 Å². The van der Waals surface area contributed by atoms with Crippen LogP contribution in [-0.2, 0) is 21.5 Å². The maximum absolute atomic E-state index is 8.72. The third-order valence-corrected chi connectivity index (χ3v) is 4.36. The van der Waals surface area contributed by atoms with Gasteiger partial charge in [0.25, 0.3) is 0 Å². The van der Waals surface area contributed by atoms with Crippen molar-refractivity contribution >= 4 is 0 Å². The number of aryl methyl sites for hydroxylation is 1. The molecular weight excluding hydrogens is 254 g/mol. The highest BCUT2D eigenvalue weighted by Crippen LogP contribution is 2.41. The number of hydrogen-bond acceptors (Lipinski definition) is 4. The van der Waals surface area contributed by atoms with Gasteiger partial charge in [-0.3, -0.25) is 4.90 Å². The summed E-state index contributed by atoms with van der Waals surface area (Å²) in [6.45, 7) is 4.82. The van der Waals surface area contributed by atoms with E-state index in [0.29, 0.717) is 13.2 Å². The topological polar surface area (TPSA) is 41.9 Å². The molecule has 20 heavy (non-hydrogen) atoms. The number of rotatable bonds is 5. The molecule has 0 radical (unpaired) electrons. The summed E-state index contributed by atoms with van der Waals surface area (Å²) < 4.78 is 11.6. The van der Waals surface area contributed by atoms with Gasteiger partial charge in [-0.15, -0.1) is 0 Å². The molecule has 1 aromatic rings. The largest absolute Gasteiger partial charge is 0.394 e. The van der Waals surface area contributed by atoms with Gasteiger partial charge in [0.15, 0.2) is 0 Å². The van der Waals surface area contributed by atoms with E-state index in [1.54, 1.807) is 0 Å². The van der Waals surface area contributed by atoms with Crippen molar-refractivity contribution in [2.24, 2.45) is 0 Å². The van der Waals surface area contributed by atoms with Gasteiger partial charge in [0, 0.05) is 19.6 Å². The molecule has 0 saturated carbocycles. The van der Waals surface area contributed by atoms with Gasteiger partial charge >= 0.3 is 0 Å². The number of aliphatic hydroxyl groups excluding tert-OH is 1. The molecule has 1 aliphatic heterocycles. The first-order valence-corrected chi connectivity index (χ1v) is 7.47. The van der Waals surface area contributed by atoms with Crippen LogP contribution in [0.15, 0.2) is 24.3 Å². The number of benzene rings is 1. The number of morpholine rings is 1. The lowest BCUT2D eigenvalue weighted by Crippen LogP contribution is -2.49. The zero-order chi connectivity index (χ0) is 13.8. The van der Waals surface area contributed by atoms with E-state index < -0.39 is 0 Å². The quantitative estimate of drug-likeness (QED) is 0.820. The molecule has 0 bridgehead atoms. The molecule has 4 nitrogen and oxygen atoms in total. The normalized spacial score (nSPS) is 26.1. The van der Waals surface area contributed by atoms with Gasteiger partial charge in [0.05, 0.1) is 26.4 Å². The van der Waals surface area contributed by atoms with Crippen LogP contribution >= 0.6 is 0 Å². The maximum atomic E-state index is 8.72. The first-order chi connectivity index (χ1) is 9.84. The third-order valence-electron chi connectivity index (χ3n) is 4.36. The highest BCUT2D eigenvalue weighted by Gasteiger charge is 2.42. The summed E-state index contributed by atoms with van der Waals surface area (Å²) in [5, 5.41) is 8.72. The van der Waals surface area contributed by atoms with Crippen LogP contribution in [0.25, 0.3) is 0 Å². The summed E-state index contributed by atoms with van der Waals surface area (Å²) in [4.78, 5) is 2.42. The summed E-state index contributed by atoms with van der Waals surface area (Å²) in [5.41, 5.74) is 2.71. The number of aliphatic hydroxyl groups is 1. The molecule has 1 spiro atoms. The minimum absolute atomic E-state index is 0.0976. The van der Waals surface area contributed by atoms with Gasteiger partial charge in [0.2, 0.25) is 0 Å². The molecule has 110 valence electrons. The fourth-order valence-electron chi connectivity index (χ4n) is 3.38. The fraction of sp³-hybridized carbons (Fsp3) is 0.625. The average molecular weight is 277 g/mol.